The molecule has 1 rings (SSSR count). The highest BCUT2D eigenvalue weighted by atomic mass is 127. The van der Waals surface area contributed by atoms with Gasteiger partial charge in [0.25, 0.3) is 5.91 Å². The number of aliphatic imine (C=N–C) groups is 1. The molecule has 8 heteroatoms. The van der Waals surface area contributed by atoms with Crippen LogP contribution in [0, 0.1) is 5.92 Å². The van der Waals surface area contributed by atoms with Crippen LogP contribution in [-0.2, 0) is 16.1 Å². The molecule has 0 radical (unpaired) electrons. The second kappa shape index (κ2) is 15.5. The van der Waals surface area contributed by atoms with Crippen LogP contribution in [0.3, 0.4) is 0 Å². The Morgan fingerprint density at radius 3 is 2.74 bits per heavy atom. The van der Waals surface area contributed by atoms with E-state index in [-0.39, 0.29) is 30.6 Å². The Hall–Kier alpha value is -1.55. The molecule has 0 heterocycles. The Bertz CT molecular complexity index is 568. The summed E-state index contributed by atoms with van der Waals surface area (Å²) >= 11 is 0. The highest BCUT2D eigenvalue weighted by molar-refractivity contribution is 14.0. The van der Waals surface area contributed by atoms with Crippen molar-refractivity contribution in [2.45, 2.75) is 33.7 Å². The van der Waals surface area contributed by atoms with Gasteiger partial charge in [-0.3, -0.25) is 4.79 Å². The number of halogens is 1. The van der Waals surface area contributed by atoms with E-state index in [9.17, 15) is 4.79 Å². The number of hydrogen-bond acceptors (Lipinski definition) is 4. The maximum absolute atomic E-state index is 10.8. The largest absolute Gasteiger partial charge is 0.484 e. The third kappa shape index (κ3) is 13.3. The van der Waals surface area contributed by atoms with Gasteiger partial charge in [-0.15, -0.1) is 24.0 Å². The van der Waals surface area contributed by atoms with Gasteiger partial charge in [-0.25, -0.2) is 4.99 Å². The molecule has 1 amide bonds. The van der Waals surface area contributed by atoms with Gasteiger partial charge in [0.05, 0.1) is 6.54 Å². The number of primary amides is 1. The molecule has 0 aromatic heterocycles. The molecule has 4 N–H and O–H groups in total. The number of carbonyl (C=O) groups excluding carboxylic acids is 1. The SMILES string of the molecule is CCNC(=NCc1cccc(OCC(N)=O)c1)NCCCOCC(C)C.I. The van der Waals surface area contributed by atoms with Gasteiger partial charge in [0.1, 0.15) is 5.75 Å². The van der Waals surface area contributed by atoms with E-state index in [0.717, 1.165) is 44.2 Å². The smallest absolute Gasteiger partial charge is 0.255 e. The average Bonchev–Trinajstić information content (AvgIpc) is 2.60. The van der Waals surface area contributed by atoms with Crippen LogP contribution in [0.2, 0.25) is 0 Å². The molecule has 7 nitrogen and oxygen atoms in total. The topological polar surface area (TPSA) is 98.0 Å². The monoisotopic (exact) mass is 492 g/mol. The molecule has 0 aliphatic rings. The van der Waals surface area contributed by atoms with Crippen LogP contribution in [0.15, 0.2) is 29.3 Å². The predicted octanol–water partition coefficient (Wildman–Crippen LogP) is 2.29. The number of nitrogens with one attached hydrogen (secondary N) is 2. The maximum atomic E-state index is 10.8. The molecule has 0 aliphatic heterocycles. The number of rotatable bonds is 12. The van der Waals surface area contributed by atoms with Crippen molar-refractivity contribution in [2.75, 3.05) is 32.9 Å². The molecule has 154 valence electrons. The highest BCUT2D eigenvalue weighted by Crippen LogP contribution is 2.13. The van der Waals surface area contributed by atoms with E-state index < -0.39 is 5.91 Å². The average molecular weight is 492 g/mol. The van der Waals surface area contributed by atoms with Crippen LogP contribution < -0.4 is 21.1 Å². The summed E-state index contributed by atoms with van der Waals surface area (Å²) in [6.45, 7) is 9.81. The molecular formula is C19H33IN4O3. The Morgan fingerprint density at radius 2 is 2.07 bits per heavy atom. The van der Waals surface area contributed by atoms with Crippen molar-refractivity contribution in [1.82, 2.24) is 10.6 Å². The number of ether oxygens (including phenoxy) is 2. The third-order valence-corrected chi connectivity index (χ3v) is 3.25. The van der Waals surface area contributed by atoms with Crippen LogP contribution in [0.4, 0.5) is 0 Å². The first-order valence-electron chi connectivity index (χ1n) is 9.11. The number of guanidine groups is 1. The summed E-state index contributed by atoms with van der Waals surface area (Å²) in [6, 6.07) is 7.48. The van der Waals surface area contributed by atoms with Crippen LogP contribution in [-0.4, -0.2) is 44.8 Å². The lowest BCUT2D eigenvalue weighted by Gasteiger charge is -2.12. The van der Waals surface area contributed by atoms with Crippen LogP contribution in [0.1, 0.15) is 32.8 Å². The standard InChI is InChI=1S/C19H32N4O3.HI/c1-4-21-19(22-9-6-10-25-13-15(2)3)23-12-16-7-5-8-17(11-16)26-14-18(20)24;/h5,7-8,11,15H,4,6,9-10,12-14H2,1-3H3,(H2,20,24)(H2,21,22,23);1H. The van der Waals surface area contributed by atoms with Gasteiger partial charge in [0.15, 0.2) is 12.6 Å². The summed E-state index contributed by atoms with van der Waals surface area (Å²) in [5.41, 5.74) is 6.08. The van der Waals surface area contributed by atoms with Gasteiger partial charge >= 0.3 is 0 Å². The fraction of sp³-hybridized carbons (Fsp3) is 0.579. The van der Waals surface area contributed by atoms with Crippen molar-refractivity contribution in [3.05, 3.63) is 29.8 Å². The zero-order valence-electron chi connectivity index (χ0n) is 16.5. The molecular weight excluding hydrogens is 459 g/mol. The molecule has 0 bridgehead atoms. The summed E-state index contributed by atoms with van der Waals surface area (Å²) < 4.78 is 10.9. The number of carbonyl (C=O) groups is 1. The van der Waals surface area contributed by atoms with Crippen LogP contribution >= 0.6 is 24.0 Å². The molecule has 0 spiro atoms. The fourth-order valence-corrected chi connectivity index (χ4v) is 2.10. The van der Waals surface area contributed by atoms with Crippen molar-refractivity contribution >= 4 is 35.8 Å². The number of nitrogens with zero attached hydrogens (tertiary/aromatic N) is 1. The highest BCUT2D eigenvalue weighted by Gasteiger charge is 2.01. The minimum Gasteiger partial charge on any atom is -0.484 e. The predicted molar refractivity (Wildman–Crippen MR) is 120 cm³/mol. The molecule has 0 saturated heterocycles. The second-order valence-corrected chi connectivity index (χ2v) is 6.35. The van der Waals surface area contributed by atoms with Gasteiger partial charge in [-0.1, -0.05) is 26.0 Å². The Morgan fingerprint density at radius 1 is 1.30 bits per heavy atom. The summed E-state index contributed by atoms with van der Waals surface area (Å²) in [5.74, 6) is 1.44. The number of benzene rings is 1. The van der Waals surface area contributed by atoms with Gasteiger partial charge in [0.2, 0.25) is 0 Å². The van der Waals surface area contributed by atoms with Crippen molar-refractivity contribution < 1.29 is 14.3 Å². The minimum atomic E-state index is -0.496. The Labute approximate surface area is 179 Å². The molecule has 0 unspecified atom stereocenters. The molecule has 27 heavy (non-hydrogen) atoms. The lowest BCUT2D eigenvalue weighted by atomic mass is 10.2. The van der Waals surface area contributed by atoms with Gasteiger partial charge in [-0.05, 0) is 37.0 Å². The zero-order chi connectivity index (χ0) is 19.2. The van der Waals surface area contributed by atoms with E-state index >= 15 is 0 Å². The van der Waals surface area contributed by atoms with E-state index in [4.69, 9.17) is 15.2 Å². The van der Waals surface area contributed by atoms with E-state index in [1.54, 1.807) is 6.07 Å². The fourth-order valence-electron chi connectivity index (χ4n) is 2.10. The van der Waals surface area contributed by atoms with E-state index in [0.29, 0.717) is 18.2 Å². The molecule has 0 saturated carbocycles. The Balaban J connectivity index is 0.00000676. The van der Waals surface area contributed by atoms with Crippen molar-refractivity contribution in [3.63, 3.8) is 0 Å². The van der Waals surface area contributed by atoms with E-state index in [1.165, 1.54) is 0 Å². The molecule has 1 aromatic rings. The number of nitrogens with two attached hydrogens (primary N) is 1. The molecule has 0 fully saturated rings. The number of amides is 1. The minimum absolute atomic E-state index is 0. The molecule has 1 aromatic carbocycles. The molecule has 0 atom stereocenters. The van der Waals surface area contributed by atoms with Crippen molar-refractivity contribution in [1.29, 1.82) is 0 Å². The third-order valence-electron chi connectivity index (χ3n) is 3.25. The number of hydrogen-bond donors (Lipinski definition) is 3. The quantitative estimate of drug-likeness (QED) is 0.180. The van der Waals surface area contributed by atoms with Crippen molar-refractivity contribution in [3.8, 4) is 5.75 Å². The van der Waals surface area contributed by atoms with Crippen LogP contribution in [0.5, 0.6) is 5.75 Å². The van der Waals surface area contributed by atoms with E-state index in [1.807, 2.05) is 25.1 Å². The lowest BCUT2D eigenvalue weighted by molar-refractivity contribution is -0.119. The van der Waals surface area contributed by atoms with Crippen molar-refractivity contribution in [2.24, 2.45) is 16.6 Å². The van der Waals surface area contributed by atoms with Gasteiger partial charge in [-0.2, -0.15) is 0 Å². The second-order valence-electron chi connectivity index (χ2n) is 6.35. The summed E-state index contributed by atoms with van der Waals surface area (Å²) in [7, 11) is 0. The first-order chi connectivity index (χ1) is 12.5. The first kappa shape index (κ1) is 25.4. The lowest BCUT2D eigenvalue weighted by Crippen LogP contribution is -2.38. The first-order valence-corrected chi connectivity index (χ1v) is 9.11. The normalized spacial score (nSPS) is 11.0. The van der Waals surface area contributed by atoms with Crippen LogP contribution in [0.25, 0.3) is 0 Å². The zero-order valence-corrected chi connectivity index (χ0v) is 18.8. The Kier molecular flexibility index (Phi) is 14.6. The van der Waals surface area contributed by atoms with Gasteiger partial charge in [0, 0.05) is 26.3 Å². The van der Waals surface area contributed by atoms with E-state index in [2.05, 4.69) is 29.5 Å². The van der Waals surface area contributed by atoms with Gasteiger partial charge < -0.3 is 25.8 Å². The summed E-state index contributed by atoms with van der Waals surface area (Å²) in [6.07, 6.45) is 0.924. The molecule has 0 aliphatic carbocycles. The summed E-state index contributed by atoms with van der Waals surface area (Å²) in [4.78, 5) is 15.4. The maximum Gasteiger partial charge on any atom is 0.255 e. The summed E-state index contributed by atoms with van der Waals surface area (Å²) in [5, 5.41) is 6.52.